The molecule has 12 heteroatoms. The Morgan fingerprint density at radius 2 is 0.895 bits per heavy atom. The molecule has 0 aromatic carbocycles. The Balaban J connectivity index is 1.41. The van der Waals surface area contributed by atoms with Gasteiger partial charge in [0.15, 0.2) is 25.2 Å². The molecule has 0 spiro atoms. The second-order valence-corrected chi connectivity index (χ2v) is 23.4. The number of methoxy groups -OCH3 is 2. The summed E-state index contributed by atoms with van der Waals surface area (Å²) in [5, 5.41) is 0. The molecule has 0 N–H and O–H groups in total. The molecule has 6 rings (SSSR count). The molecule has 16 atom stereocenters. The molecule has 0 amide bonds. The zero-order valence-corrected chi connectivity index (χ0v) is 48.4. The highest BCUT2D eigenvalue weighted by Gasteiger charge is 2.53. The number of hydrogen-bond donors (Lipinski definition) is 0. The molecule has 434 valence electrons. The number of ether oxygens (including phenoxy) is 10. The Kier molecular flexibility index (Phi) is 29.8. The lowest BCUT2D eigenvalue weighted by molar-refractivity contribution is -0.194. The van der Waals surface area contributed by atoms with Gasteiger partial charge in [0.2, 0.25) is 0 Å². The lowest BCUT2D eigenvalue weighted by Crippen LogP contribution is -2.32. The standard InChI is InChI=1S/C64H106O12/c1-7-9-27-47(3)55(73-61-33-19-23-41-69-61)39-37-51-49(29-15-11-13-17-31-59(65)67-5)53(45-57(51)75-63-35-21-25-43-71-63)54-46-58(76-64-36-22-26-44-72-64)52(50(54)30-16-12-14-18-32-60(66)68-6)38-40-56(48(4)28-10-8-2)74-62-34-20-24-42-70-62/h11-12,15-16,37-40,47-58,61-64H,7-10,13-14,17-36,41-46H2,1-6H3/b15-11-,16-12-,39-37+,40-38+/t47-,48-,49+,50+,51+,52+,53?,54?,55+,56+,57+,58+,61?,62?,63?,64?/m0/s1. The maximum absolute atomic E-state index is 12.1. The van der Waals surface area contributed by atoms with Crippen LogP contribution in [0.15, 0.2) is 48.6 Å². The third-order valence-electron chi connectivity index (χ3n) is 17.6. The zero-order valence-electron chi connectivity index (χ0n) is 48.4. The van der Waals surface area contributed by atoms with Crippen LogP contribution in [0.4, 0.5) is 0 Å². The van der Waals surface area contributed by atoms with E-state index in [9.17, 15) is 9.59 Å². The van der Waals surface area contributed by atoms with Gasteiger partial charge in [-0.15, -0.1) is 0 Å². The van der Waals surface area contributed by atoms with E-state index in [4.69, 9.17) is 47.4 Å². The van der Waals surface area contributed by atoms with Crippen LogP contribution in [0.25, 0.3) is 0 Å². The average Bonchev–Trinajstić information content (AvgIpc) is 3.99. The molecule has 0 bridgehead atoms. The second-order valence-electron chi connectivity index (χ2n) is 23.4. The van der Waals surface area contributed by atoms with Gasteiger partial charge in [-0.1, -0.05) is 102 Å². The van der Waals surface area contributed by atoms with Crippen molar-refractivity contribution in [1.29, 1.82) is 0 Å². The van der Waals surface area contributed by atoms with Crippen LogP contribution < -0.4 is 0 Å². The van der Waals surface area contributed by atoms with Crippen LogP contribution in [0.5, 0.6) is 0 Å². The van der Waals surface area contributed by atoms with Crippen LogP contribution in [-0.2, 0) is 57.0 Å². The summed E-state index contributed by atoms with van der Waals surface area (Å²) in [6.45, 7) is 12.2. The van der Waals surface area contributed by atoms with Gasteiger partial charge in [-0.3, -0.25) is 9.59 Å². The average molecular weight is 1070 g/mol. The molecule has 0 radical (unpaired) electrons. The van der Waals surface area contributed by atoms with E-state index in [1.165, 1.54) is 14.2 Å². The first-order valence-electron chi connectivity index (χ1n) is 31.1. The van der Waals surface area contributed by atoms with Gasteiger partial charge < -0.3 is 47.4 Å². The number of esters is 2. The number of carbonyl (C=O) groups is 2. The molecule has 6 fully saturated rings. The Labute approximate surface area is 460 Å². The van der Waals surface area contributed by atoms with Crippen molar-refractivity contribution in [2.24, 2.45) is 47.3 Å². The van der Waals surface area contributed by atoms with Crippen molar-refractivity contribution in [3.05, 3.63) is 48.6 Å². The van der Waals surface area contributed by atoms with Crippen LogP contribution in [-0.4, -0.2) is 102 Å². The van der Waals surface area contributed by atoms with Crippen LogP contribution in [0, 0.1) is 47.3 Å². The lowest BCUT2D eigenvalue weighted by Gasteiger charge is -2.33. The van der Waals surface area contributed by atoms with Gasteiger partial charge in [-0.25, -0.2) is 0 Å². The van der Waals surface area contributed by atoms with E-state index < -0.39 is 0 Å². The van der Waals surface area contributed by atoms with Gasteiger partial charge >= 0.3 is 11.9 Å². The normalized spacial score (nSPS) is 32.3. The molecule has 0 aromatic heterocycles. The molecule has 4 heterocycles. The largest absolute Gasteiger partial charge is 0.469 e. The molecular formula is C64H106O12. The number of hydrogen-bond acceptors (Lipinski definition) is 12. The van der Waals surface area contributed by atoms with Crippen LogP contribution in [0.3, 0.4) is 0 Å². The van der Waals surface area contributed by atoms with Crippen molar-refractivity contribution in [3.63, 3.8) is 0 Å². The minimum atomic E-state index is -0.226. The van der Waals surface area contributed by atoms with Gasteiger partial charge in [0.25, 0.3) is 0 Å². The molecule has 6 aliphatic rings. The molecule has 0 aromatic rings. The van der Waals surface area contributed by atoms with Gasteiger partial charge in [0, 0.05) is 51.1 Å². The summed E-state index contributed by atoms with van der Waals surface area (Å²) in [6.07, 6.45) is 44.9. The topological polar surface area (TPSA) is 126 Å². The zero-order chi connectivity index (χ0) is 53.7. The Morgan fingerprint density at radius 3 is 1.24 bits per heavy atom. The molecule has 76 heavy (non-hydrogen) atoms. The van der Waals surface area contributed by atoms with Crippen LogP contribution in [0.2, 0.25) is 0 Å². The van der Waals surface area contributed by atoms with Crippen LogP contribution in [0.1, 0.15) is 207 Å². The predicted molar refractivity (Wildman–Crippen MR) is 299 cm³/mol. The van der Waals surface area contributed by atoms with E-state index in [1.54, 1.807) is 0 Å². The van der Waals surface area contributed by atoms with E-state index in [0.717, 1.165) is 193 Å². The first-order valence-corrected chi connectivity index (χ1v) is 31.1. The van der Waals surface area contributed by atoms with E-state index >= 15 is 0 Å². The van der Waals surface area contributed by atoms with Crippen molar-refractivity contribution >= 4 is 11.9 Å². The highest BCUT2D eigenvalue weighted by atomic mass is 16.7. The summed E-state index contributed by atoms with van der Waals surface area (Å²) in [7, 11) is 2.93. The minimum Gasteiger partial charge on any atom is -0.469 e. The molecule has 4 saturated heterocycles. The Bertz CT molecular complexity index is 1570. The smallest absolute Gasteiger partial charge is 0.305 e. The number of allylic oxidation sites excluding steroid dienone is 4. The second kappa shape index (κ2) is 36.0. The minimum absolute atomic E-state index is 0.0440. The van der Waals surface area contributed by atoms with Crippen LogP contribution >= 0.6 is 0 Å². The van der Waals surface area contributed by atoms with Crippen molar-refractivity contribution in [3.8, 4) is 0 Å². The molecule has 4 aliphatic heterocycles. The third-order valence-corrected chi connectivity index (χ3v) is 17.6. The SMILES string of the molecule is CCCC[C@H](C)[C@@H](/C=C/[C@H]1[C@H](OC2CCCCO2)CC(C2C[C@@H](OC3CCCCO3)[C@H](/C=C/[C@@H](OC3CCCCO3)[C@@H](C)CCCC)[C@H]2C/C=C\CCCC(=O)OC)[C@@H]1C/C=C\CCCC(=O)OC)OC1CCCCO1. The van der Waals surface area contributed by atoms with Crippen molar-refractivity contribution in [1.82, 2.24) is 0 Å². The van der Waals surface area contributed by atoms with E-state index in [-0.39, 0.29) is 85.2 Å². The molecule has 6 unspecified atom stereocenters. The fraction of sp³-hybridized carbons (Fsp3) is 0.844. The summed E-state index contributed by atoms with van der Waals surface area (Å²) in [5.41, 5.74) is 0. The fourth-order valence-corrected chi connectivity index (χ4v) is 13.1. The number of rotatable bonds is 33. The Hall–Kier alpha value is -2.42. The van der Waals surface area contributed by atoms with Crippen molar-refractivity contribution in [2.75, 3.05) is 40.6 Å². The summed E-state index contributed by atoms with van der Waals surface area (Å²) in [5.74, 6) is 1.71. The monoisotopic (exact) mass is 1070 g/mol. The highest BCUT2D eigenvalue weighted by Crippen LogP contribution is 2.56. The summed E-state index contributed by atoms with van der Waals surface area (Å²) < 4.78 is 63.7. The maximum atomic E-state index is 12.1. The quantitative estimate of drug-likeness (QED) is 0.0353. The highest BCUT2D eigenvalue weighted by molar-refractivity contribution is 5.69. The van der Waals surface area contributed by atoms with Crippen molar-refractivity contribution < 1.29 is 57.0 Å². The fourth-order valence-electron chi connectivity index (χ4n) is 13.1. The maximum Gasteiger partial charge on any atom is 0.305 e. The van der Waals surface area contributed by atoms with Crippen molar-refractivity contribution in [2.45, 2.75) is 257 Å². The first kappa shape index (κ1) is 62.8. The summed E-state index contributed by atoms with van der Waals surface area (Å²) in [6, 6.07) is 0. The predicted octanol–water partition coefficient (Wildman–Crippen LogP) is 14.5. The Morgan fingerprint density at radius 1 is 0.513 bits per heavy atom. The number of unbranched alkanes of at least 4 members (excludes halogenated alkanes) is 4. The van der Waals surface area contributed by atoms with E-state index in [2.05, 4.69) is 76.3 Å². The van der Waals surface area contributed by atoms with Gasteiger partial charge in [0.1, 0.15) is 0 Å². The van der Waals surface area contributed by atoms with Gasteiger partial charge in [-0.05, 0) is 177 Å². The molecule has 12 nitrogen and oxygen atoms in total. The molecule has 2 aliphatic carbocycles. The van der Waals surface area contributed by atoms with E-state index in [1.807, 2.05) is 0 Å². The third kappa shape index (κ3) is 21.2. The van der Waals surface area contributed by atoms with E-state index in [0.29, 0.717) is 36.5 Å². The first-order chi connectivity index (χ1) is 37.2. The molecular weight excluding hydrogens is 961 g/mol. The van der Waals surface area contributed by atoms with Gasteiger partial charge in [-0.2, -0.15) is 0 Å². The molecule has 2 saturated carbocycles. The lowest BCUT2D eigenvalue weighted by atomic mass is 9.72. The van der Waals surface area contributed by atoms with Gasteiger partial charge in [0.05, 0.1) is 38.6 Å². The number of carbonyl (C=O) groups excluding carboxylic acids is 2. The summed E-state index contributed by atoms with van der Waals surface area (Å²) >= 11 is 0. The summed E-state index contributed by atoms with van der Waals surface area (Å²) in [4.78, 5) is 24.2.